The third-order valence-electron chi connectivity index (χ3n) is 8.49. The third kappa shape index (κ3) is 2.70. The van der Waals surface area contributed by atoms with E-state index in [0.29, 0.717) is 11.6 Å². The van der Waals surface area contributed by atoms with Crippen LogP contribution in [-0.4, -0.2) is 21.2 Å². The average Bonchev–Trinajstić information content (AvgIpc) is 3.39. The molecule has 3 aromatic rings. The van der Waals surface area contributed by atoms with Crippen molar-refractivity contribution in [3.8, 4) is 11.1 Å². The van der Waals surface area contributed by atoms with Crippen molar-refractivity contribution in [2.45, 2.75) is 45.4 Å². The molecule has 6 rings (SSSR count). The first-order valence-electron chi connectivity index (χ1n) is 11.9. The van der Waals surface area contributed by atoms with Crippen LogP contribution in [0.3, 0.4) is 0 Å². The van der Waals surface area contributed by atoms with E-state index in [9.17, 15) is 0 Å². The Labute approximate surface area is 206 Å². The lowest BCUT2D eigenvalue weighted by molar-refractivity contribution is 0.857. The predicted molar refractivity (Wildman–Crippen MR) is 149 cm³/mol. The summed E-state index contributed by atoms with van der Waals surface area (Å²) in [4.78, 5) is 2.44. The molecule has 0 N–H and O–H groups in total. The van der Waals surface area contributed by atoms with Gasteiger partial charge in [0.25, 0.3) is 0 Å². The van der Waals surface area contributed by atoms with E-state index in [1.807, 2.05) is 0 Å². The second kappa shape index (κ2) is 7.07. The Balaban J connectivity index is 1.65. The van der Waals surface area contributed by atoms with Crippen LogP contribution >= 0.6 is 15.9 Å². The first-order chi connectivity index (χ1) is 15.7. The maximum Gasteiger partial charge on any atom is 0.0939 e. The highest BCUT2D eigenvalue weighted by atomic mass is 79.9. The van der Waals surface area contributed by atoms with Crippen LogP contribution in [0.2, 0.25) is 13.1 Å². The Morgan fingerprint density at radius 1 is 0.909 bits per heavy atom. The number of benzene rings is 3. The van der Waals surface area contributed by atoms with Crippen molar-refractivity contribution in [1.29, 1.82) is 0 Å². The molecule has 0 bridgehead atoms. The normalized spacial score (nSPS) is 18.9. The lowest BCUT2D eigenvalue weighted by Crippen LogP contribution is -2.40. The molecule has 0 saturated carbocycles. The van der Waals surface area contributed by atoms with E-state index in [4.69, 9.17) is 0 Å². The van der Waals surface area contributed by atoms with E-state index in [1.165, 1.54) is 59.6 Å². The summed E-state index contributed by atoms with van der Waals surface area (Å²) in [5.74, 6) is 0. The zero-order valence-electron chi connectivity index (χ0n) is 20.3. The summed E-state index contributed by atoms with van der Waals surface area (Å²) < 4.78 is 1.27. The fourth-order valence-corrected chi connectivity index (χ4v) is 12.0. The number of hydrogen-bond acceptors (Lipinski definition) is 1. The topological polar surface area (TPSA) is 3.24 Å². The highest BCUT2D eigenvalue weighted by molar-refractivity contribution is 9.10. The lowest BCUT2D eigenvalue weighted by Gasteiger charge is -2.34. The van der Waals surface area contributed by atoms with Gasteiger partial charge in [0.15, 0.2) is 0 Å². The van der Waals surface area contributed by atoms with Crippen molar-refractivity contribution in [3.63, 3.8) is 0 Å². The number of hydrogen-bond donors (Lipinski definition) is 0. The maximum atomic E-state index is 4.05. The predicted octanol–water partition coefficient (Wildman–Crippen LogP) is 6.62. The van der Waals surface area contributed by atoms with Crippen molar-refractivity contribution in [3.05, 3.63) is 91.8 Å². The summed E-state index contributed by atoms with van der Waals surface area (Å²) in [6.45, 7) is 12.1. The summed E-state index contributed by atoms with van der Waals surface area (Å²) in [5.41, 5.74) is 12.0. The minimum absolute atomic E-state index is 0.436. The van der Waals surface area contributed by atoms with Gasteiger partial charge in [-0.25, -0.2) is 0 Å². The van der Waals surface area contributed by atoms with Gasteiger partial charge in [0, 0.05) is 34.0 Å². The number of rotatable bonds is 2. The Bertz CT molecular complexity index is 1470. The molecule has 0 radical (unpaired) electrons. The Kier molecular flexibility index (Phi) is 4.54. The van der Waals surface area contributed by atoms with Crippen LogP contribution in [0.4, 0.5) is 5.69 Å². The monoisotopic (exact) mass is 511 g/mol. The number of nitrogens with zero attached hydrogens (tertiary/aromatic N) is 1. The standard InChI is InChI=1S/C30H30BrNSi/c1-17-15-24-25(16-26-27(28(24)31)18(2)19(3)32(26)4)29(17)33(5,6)30-22-13-9-7-11-20(22)21-12-8-10-14-23(21)30/h7-16,19,30H,1-6H3. The molecule has 3 heteroatoms. The molecule has 1 atom stereocenters. The Morgan fingerprint density at radius 3 is 2.09 bits per heavy atom. The largest absolute Gasteiger partial charge is 0.368 e. The number of allylic oxidation sites excluding steroid dienone is 1. The average molecular weight is 513 g/mol. The van der Waals surface area contributed by atoms with Crippen LogP contribution in [0, 0.1) is 0 Å². The molecule has 0 amide bonds. The van der Waals surface area contributed by atoms with Crippen molar-refractivity contribution in [2.24, 2.45) is 0 Å². The first kappa shape index (κ1) is 21.2. The highest BCUT2D eigenvalue weighted by Gasteiger charge is 2.44. The molecule has 33 heavy (non-hydrogen) atoms. The molecule has 1 aliphatic heterocycles. The molecule has 0 fully saturated rings. The molecular formula is C30H30BrNSi. The Morgan fingerprint density at radius 2 is 1.48 bits per heavy atom. The van der Waals surface area contributed by atoms with Crippen molar-refractivity contribution in [2.75, 3.05) is 11.9 Å². The summed E-state index contributed by atoms with van der Waals surface area (Å²) in [7, 11) is 0.273. The van der Waals surface area contributed by atoms with Gasteiger partial charge in [0.05, 0.1) is 8.07 Å². The SMILES string of the molecule is CC1=Cc2c(Br)c3c(cc2=C1[Si](C)(C)C1c2ccccc2-c2ccccc21)N(C)C(C)C=3C. The van der Waals surface area contributed by atoms with E-state index in [-0.39, 0.29) is 0 Å². The van der Waals surface area contributed by atoms with Crippen molar-refractivity contribution in [1.82, 2.24) is 0 Å². The molecule has 0 aromatic heterocycles. The lowest BCUT2D eigenvalue weighted by atomic mass is 10.1. The van der Waals surface area contributed by atoms with Gasteiger partial charge in [-0.2, -0.15) is 0 Å². The summed E-state index contributed by atoms with van der Waals surface area (Å²) in [5, 5.41) is 4.46. The Hall–Kier alpha value is -2.36. The zero-order chi connectivity index (χ0) is 23.2. The van der Waals surface area contributed by atoms with Gasteiger partial charge in [0.1, 0.15) is 0 Å². The van der Waals surface area contributed by atoms with Crippen LogP contribution in [0.15, 0.2) is 64.6 Å². The van der Waals surface area contributed by atoms with E-state index >= 15 is 0 Å². The van der Waals surface area contributed by atoms with Crippen LogP contribution < -0.4 is 15.3 Å². The number of anilines is 1. The smallest absolute Gasteiger partial charge is 0.0939 e. The van der Waals surface area contributed by atoms with Crippen LogP contribution in [0.25, 0.3) is 28.0 Å². The maximum absolute atomic E-state index is 4.05. The second-order valence-corrected chi connectivity index (χ2v) is 15.9. The van der Waals surface area contributed by atoms with Crippen LogP contribution in [-0.2, 0) is 0 Å². The van der Waals surface area contributed by atoms with E-state index < -0.39 is 8.07 Å². The van der Waals surface area contributed by atoms with Gasteiger partial charge in [-0.3, -0.25) is 0 Å². The van der Waals surface area contributed by atoms with Gasteiger partial charge in [0.2, 0.25) is 0 Å². The molecule has 2 aliphatic carbocycles. The molecule has 3 aliphatic rings. The van der Waals surface area contributed by atoms with Gasteiger partial charge < -0.3 is 4.90 Å². The van der Waals surface area contributed by atoms with Crippen molar-refractivity contribution >= 4 is 46.5 Å². The molecule has 166 valence electrons. The summed E-state index contributed by atoms with van der Waals surface area (Å²) in [6, 6.07) is 21.1. The quantitative estimate of drug-likeness (QED) is 0.349. The first-order valence-corrected chi connectivity index (χ1v) is 15.8. The van der Waals surface area contributed by atoms with Crippen LogP contribution in [0.1, 0.15) is 43.0 Å². The van der Waals surface area contributed by atoms with Gasteiger partial charge in [-0.05, 0) is 86.6 Å². The van der Waals surface area contributed by atoms with Gasteiger partial charge >= 0.3 is 0 Å². The molecule has 1 heterocycles. The number of fused-ring (bicyclic) bond motifs is 5. The van der Waals surface area contributed by atoms with Crippen molar-refractivity contribution < 1.29 is 0 Å². The molecule has 0 spiro atoms. The summed E-state index contributed by atoms with van der Waals surface area (Å²) >= 11 is 4.05. The zero-order valence-corrected chi connectivity index (χ0v) is 22.8. The second-order valence-electron chi connectivity index (χ2n) is 10.5. The molecule has 1 unspecified atom stereocenters. The third-order valence-corrected chi connectivity index (χ3v) is 13.3. The highest BCUT2D eigenvalue weighted by Crippen LogP contribution is 2.52. The molecule has 3 aromatic carbocycles. The fraction of sp³-hybridized carbons (Fsp3) is 0.267. The van der Waals surface area contributed by atoms with Gasteiger partial charge in [-0.1, -0.05) is 73.3 Å². The molecular weight excluding hydrogens is 482 g/mol. The van der Waals surface area contributed by atoms with Gasteiger partial charge in [-0.15, -0.1) is 0 Å². The molecule has 1 nitrogen and oxygen atoms in total. The van der Waals surface area contributed by atoms with E-state index in [0.717, 1.165) is 0 Å². The minimum Gasteiger partial charge on any atom is -0.368 e. The minimum atomic E-state index is -1.96. The van der Waals surface area contributed by atoms with E-state index in [2.05, 4.69) is 122 Å². The molecule has 0 saturated heterocycles. The van der Waals surface area contributed by atoms with Crippen LogP contribution in [0.5, 0.6) is 0 Å². The fourth-order valence-electron chi connectivity index (χ4n) is 6.79. The number of halogens is 1. The van der Waals surface area contributed by atoms with E-state index in [1.54, 1.807) is 5.20 Å². The summed E-state index contributed by atoms with van der Waals surface area (Å²) in [6.07, 6.45) is 2.44.